The van der Waals surface area contributed by atoms with Gasteiger partial charge in [0.05, 0.1) is 19.8 Å². The van der Waals surface area contributed by atoms with Gasteiger partial charge in [-0.15, -0.1) is 15.3 Å². The number of pyridine rings is 1. The van der Waals surface area contributed by atoms with Crippen molar-refractivity contribution in [3.63, 3.8) is 0 Å². The van der Waals surface area contributed by atoms with E-state index >= 15 is 0 Å². The van der Waals surface area contributed by atoms with E-state index in [4.69, 9.17) is 9.47 Å². The maximum atomic E-state index is 12.5. The van der Waals surface area contributed by atoms with Crippen LogP contribution in [0.15, 0.2) is 30.7 Å². The summed E-state index contributed by atoms with van der Waals surface area (Å²) in [5.41, 5.74) is 0.953. The minimum absolute atomic E-state index is 0.190. The third-order valence-corrected chi connectivity index (χ3v) is 4.32. The lowest BCUT2D eigenvalue weighted by Gasteiger charge is -2.12. The van der Waals surface area contributed by atoms with Crippen molar-refractivity contribution in [1.82, 2.24) is 29.5 Å². The van der Waals surface area contributed by atoms with Crippen LogP contribution in [0.5, 0.6) is 5.88 Å². The van der Waals surface area contributed by atoms with Gasteiger partial charge in [0.2, 0.25) is 5.88 Å². The van der Waals surface area contributed by atoms with E-state index in [2.05, 4.69) is 25.6 Å². The van der Waals surface area contributed by atoms with Crippen molar-refractivity contribution >= 4 is 11.7 Å². The maximum absolute atomic E-state index is 12.5. The topological polar surface area (TPSA) is 109 Å². The van der Waals surface area contributed by atoms with E-state index in [1.807, 2.05) is 16.7 Å². The molecule has 1 aliphatic heterocycles. The van der Waals surface area contributed by atoms with Gasteiger partial charge in [-0.3, -0.25) is 9.48 Å². The number of hydrogen-bond donors (Lipinski definition) is 1. The number of anilines is 1. The first-order valence-electron chi connectivity index (χ1n) is 8.49. The van der Waals surface area contributed by atoms with Crippen molar-refractivity contribution in [2.75, 3.05) is 25.6 Å². The summed E-state index contributed by atoms with van der Waals surface area (Å²) in [4.78, 5) is 17.1. The summed E-state index contributed by atoms with van der Waals surface area (Å²) >= 11 is 0. The molecule has 0 spiro atoms. The van der Waals surface area contributed by atoms with Crippen LogP contribution in [-0.2, 0) is 11.8 Å². The van der Waals surface area contributed by atoms with Crippen molar-refractivity contribution < 1.29 is 14.3 Å². The number of rotatable bonds is 5. The van der Waals surface area contributed by atoms with Crippen LogP contribution in [0.3, 0.4) is 0 Å². The molecule has 10 heteroatoms. The zero-order chi connectivity index (χ0) is 18.8. The molecule has 1 amide bonds. The first-order valence-corrected chi connectivity index (χ1v) is 8.49. The van der Waals surface area contributed by atoms with Gasteiger partial charge in [0.15, 0.2) is 5.82 Å². The minimum Gasteiger partial charge on any atom is -0.479 e. The smallest absolute Gasteiger partial charge is 0.263 e. The molecule has 10 nitrogen and oxygen atoms in total. The zero-order valence-corrected chi connectivity index (χ0v) is 15.0. The summed E-state index contributed by atoms with van der Waals surface area (Å²) in [6, 6.07) is 5.54. The van der Waals surface area contributed by atoms with E-state index in [0.717, 1.165) is 13.0 Å². The average Bonchev–Trinajstić information content (AvgIpc) is 3.41. The standard InChI is InChI=1S/C17H19N7O3/c1-23-8-12(17(22-23)26-2)16(25)20-14-5-3-4-13(19-14)15-21-18-10-24(15)11-6-7-27-9-11/h3-5,8,10-11H,6-7,9H2,1-2H3,(H,19,20,25). The Balaban J connectivity index is 1.58. The second-order valence-electron chi connectivity index (χ2n) is 6.17. The fraction of sp³-hybridized carbons (Fsp3) is 0.353. The summed E-state index contributed by atoms with van der Waals surface area (Å²) in [6.45, 7) is 1.35. The van der Waals surface area contributed by atoms with Crippen molar-refractivity contribution in [3.8, 4) is 17.4 Å². The lowest BCUT2D eigenvalue weighted by Crippen LogP contribution is -2.14. The number of aromatic nitrogens is 6. The van der Waals surface area contributed by atoms with Crippen LogP contribution in [0.2, 0.25) is 0 Å². The van der Waals surface area contributed by atoms with E-state index in [9.17, 15) is 4.79 Å². The van der Waals surface area contributed by atoms with Gasteiger partial charge >= 0.3 is 0 Å². The zero-order valence-electron chi connectivity index (χ0n) is 15.0. The molecule has 0 radical (unpaired) electrons. The van der Waals surface area contributed by atoms with Crippen molar-refractivity contribution in [3.05, 3.63) is 36.3 Å². The Kier molecular flexibility index (Phi) is 4.55. The first kappa shape index (κ1) is 17.2. The Labute approximate surface area is 155 Å². The van der Waals surface area contributed by atoms with Crippen LogP contribution in [0.4, 0.5) is 5.82 Å². The van der Waals surface area contributed by atoms with Crippen LogP contribution in [0.25, 0.3) is 11.5 Å². The Morgan fingerprint density at radius 1 is 1.41 bits per heavy atom. The number of nitrogens with zero attached hydrogens (tertiary/aromatic N) is 6. The Hall–Kier alpha value is -3.27. The fourth-order valence-electron chi connectivity index (χ4n) is 3.02. The largest absolute Gasteiger partial charge is 0.479 e. The lowest BCUT2D eigenvalue weighted by atomic mass is 10.2. The molecule has 4 heterocycles. The van der Waals surface area contributed by atoms with Gasteiger partial charge in [-0.25, -0.2) is 4.98 Å². The van der Waals surface area contributed by atoms with Crippen LogP contribution < -0.4 is 10.1 Å². The highest BCUT2D eigenvalue weighted by Crippen LogP contribution is 2.25. The molecule has 3 aromatic rings. The summed E-state index contributed by atoms with van der Waals surface area (Å²) in [5, 5.41) is 15.1. The number of aryl methyl sites for hydroxylation is 1. The molecule has 1 unspecified atom stereocenters. The average molecular weight is 369 g/mol. The molecule has 0 aliphatic carbocycles. The Bertz CT molecular complexity index is 959. The van der Waals surface area contributed by atoms with Gasteiger partial charge in [-0.1, -0.05) is 6.07 Å². The molecule has 1 N–H and O–H groups in total. The molecule has 4 rings (SSSR count). The lowest BCUT2D eigenvalue weighted by molar-refractivity contribution is 0.102. The highest BCUT2D eigenvalue weighted by Gasteiger charge is 2.22. The minimum atomic E-state index is -0.352. The summed E-state index contributed by atoms with van der Waals surface area (Å²) < 4.78 is 14.1. The molecule has 1 saturated heterocycles. The second-order valence-corrected chi connectivity index (χ2v) is 6.17. The van der Waals surface area contributed by atoms with Gasteiger partial charge in [0, 0.05) is 19.9 Å². The number of amides is 1. The van der Waals surface area contributed by atoms with Gasteiger partial charge in [-0.05, 0) is 18.6 Å². The molecule has 140 valence electrons. The first-order chi connectivity index (χ1) is 13.2. The van der Waals surface area contributed by atoms with Gasteiger partial charge in [0.25, 0.3) is 5.91 Å². The second kappa shape index (κ2) is 7.16. The van der Waals surface area contributed by atoms with E-state index in [-0.39, 0.29) is 17.8 Å². The summed E-state index contributed by atoms with van der Waals surface area (Å²) in [7, 11) is 3.19. The van der Waals surface area contributed by atoms with Crippen LogP contribution in [0, 0.1) is 0 Å². The molecule has 0 aromatic carbocycles. The molecule has 3 aromatic heterocycles. The normalized spacial score (nSPS) is 16.4. The van der Waals surface area contributed by atoms with E-state index in [1.54, 1.807) is 25.6 Å². The number of nitrogens with one attached hydrogen (secondary N) is 1. The third-order valence-electron chi connectivity index (χ3n) is 4.32. The van der Waals surface area contributed by atoms with Gasteiger partial charge in [-0.2, -0.15) is 0 Å². The Morgan fingerprint density at radius 3 is 3.07 bits per heavy atom. The summed E-state index contributed by atoms with van der Waals surface area (Å²) in [6.07, 6.45) is 4.18. The highest BCUT2D eigenvalue weighted by atomic mass is 16.5. The van der Waals surface area contributed by atoms with Crippen molar-refractivity contribution in [1.29, 1.82) is 0 Å². The molecule has 0 saturated carbocycles. The monoisotopic (exact) mass is 369 g/mol. The maximum Gasteiger partial charge on any atom is 0.263 e. The van der Waals surface area contributed by atoms with E-state index in [0.29, 0.717) is 29.5 Å². The van der Waals surface area contributed by atoms with Crippen molar-refractivity contribution in [2.45, 2.75) is 12.5 Å². The van der Waals surface area contributed by atoms with E-state index < -0.39 is 0 Å². The van der Waals surface area contributed by atoms with Gasteiger partial charge in [0.1, 0.15) is 23.4 Å². The molecule has 0 bridgehead atoms. The summed E-state index contributed by atoms with van der Waals surface area (Å²) in [5.74, 6) is 0.948. The third kappa shape index (κ3) is 3.38. The number of methoxy groups -OCH3 is 1. The molecule has 1 atom stereocenters. The molecular formula is C17H19N7O3. The molecular weight excluding hydrogens is 350 g/mol. The number of ether oxygens (including phenoxy) is 2. The van der Waals surface area contributed by atoms with E-state index in [1.165, 1.54) is 11.8 Å². The SMILES string of the molecule is COc1nn(C)cc1C(=O)Nc1cccc(-c2nncn2C2CCOC2)n1. The molecule has 1 aliphatic rings. The number of carbonyl (C=O) groups is 1. The van der Waals surface area contributed by atoms with Crippen LogP contribution in [-0.4, -0.2) is 55.8 Å². The quantitative estimate of drug-likeness (QED) is 0.722. The van der Waals surface area contributed by atoms with Crippen LogP contribution >= 0.6 is 0 Å². The predicted octanol–water partition coefficient (Wildman–Crippen LogP) is 1.30. The molecule has 1 fully saturated rings. The number of hydrogen-bond acceptors (Lipinski definition) is 7. The number of carbonyl (C=O) groups excluding carboxylic acids is 1. The highest BCUT2D eigenvalue weighted by molar-refractivity contribution is 6.05. The fourth-order valence-corrected chi connectivity index (χ4v) is 3.02. The Morgan fingerprint density at radius 2 is 2.30 bits per heavy atom. The molecule has 27 heavy (non-hydrogen) atoms. The van der Waals surface area contributed by atoms with Crippen molar-refractivity contribution in [2.24, 2.45) is 7.05 Å². The predicted molar refractivity (Wildman–Crippen MR) is 95.4 cm³/mol. The van der Waals surface area contributed by atoms with Gasteiger partial charge < -0.3 is 19.4 Å². The van der Waals surface area contributed by atoms with Crippen LogP contribution in [0.1, 0.15) is 22.8 Å².